The highest BCUT2D eigenvalue weighted by molar-refractivity contribution is 7.88. The molecule has 2 aliphatic heterocycles. The predicted molar refractivity (Wildman–Crippen MR) is 114 cm³/mol. The van der Waals surface area contributed by atoms with Gasteiger partial charge in [-0.15, -0.1) is 0 Å². The van der Waals surface area contributed by atoms with Gasteiger partial charge in [0.2, 0.25) is 21.9 Å². The van der Waals surface area contributed by atoms with Crippen LogP contribution in [-0.4, -0.2) is 70.7 Å². The predicted octanol–water partition coefficient (Wildman–Crippen LogP) is 1.14. The molecule has 0 spiro atoms. The lowest BCUT2D eigenvalue weighted by atomic mass is 9.91. The summed E-state index contributed by atoms with van der Waals surface area (Å²) in [5, 5.41) is 14.2. The molecule has 0 bridgehead atoms. The summed E-state index contributed by atoms with van der Waals surface area (Å²) in [4.78, 5) is 23.9. The molecule has 10 heteroatoms. The van der Waals surface area contributed by atoms with E-state index in [4.69, 9.17) is 4.98 Å². The molecule has 1 unspecified atom stereocenters. The maximum Gasteiger partial charge on any atom is 0.231 e. The van der Waals surface area contributed by atoms with Crippen molar-refractivity contribution in [1.29, 1.82) is 0 Å². The van der Waals surface area contributed by atoms with Crippen LogP contribution in [0.3, 0.4) is 0 Å². The monoisotopic (exact) mass is 437 g/mol. The van der Waals surface area contributed by atoms with E-state index in [-0.39, 0.29) is 23.9 Å². The molecule has 3 atom stereocenters. The zero-order valence-corrected chi connectivity index (χ0v) is 18.7. The first-order valence-corrected chi connectivity index (χ1v) is 12.5. The number of piperidine rings is 1. The number of aliphatic hydroxyl groups is 1. The number of aromatic nitrogens is 2. The molecule has 1 amide bonds. The molecule has 0 aromatic carbocycles. The van der Waals surface area contributed by atoms with Crippen LogP contribution in [-0.2, 0) is 21.2 Å². The van der Waals surface area contributed by atoms with Crippen LogP contribution in [0.5, 0.6) is 0 Å². The number of anilines is 2. The van der Waals surface area contributed by atoms with Crippen molar-refractivity contribution in [1.82, 2.24) is 14.3 Å². The molecule has 1 saturated carbocycles. The third-order valence-corrected chi connectivity index (χ3v) is 8.00. The van der Waals surface area contributed by atoms with Crippen molar-refractivity contribution in [3.05, 3.63) is 11.8 Å². The van der Waals surface area contributed by atoms with Crippen LogP contribution in [0.25, 0.3) is 0 Å². The average Bonchev–Trinajstić information content (AvgIpc) is 3.02. The van der Waals surface area contributed by atoms with Gasteiger partial charge in [-0.05, 0) is 45.4 Å². The average molecular weight is 438 g/mol. The zero-order chi connectivity index (χ0) is 21.7. The number of amides is 1. The molecular formula is C20H31N5O4S. The molecule has 1 aromatic rings. The summed E-state index contributed by atoms with van der Waals surface area (Å²) in [6.45, 7) is 4.64. The van der Waals surface area contributed by atoms with E-state index in [0.717, 1.165) is 18.4 Å². The van der Waals surface area contributed by atoms with E-state index in [0.29, 0.717) is 50.5 Å². The number of nitrogens with one attached hydrogen (secondary N) is 1. The van der Waals surface area contributed by atoms with E-state index in [1.165, 1.54) is 10.6 Å². The van der Waals surface area contributed by atoms with Crippen LogP contribution < -0.4 is 10.2 Å². The second kappa shape index (κ2) is 7.72. The Morgan fingerprint density at radius 1 is 1.27 bits per heavy atom. The van der Waals surface area contributed by atoms with Crippen LogP contribution in [0.4, 0.5) is 11.8 Å². The van der Waals surface area contributed by atoms with Crippen molar-refractivity contribution in [2.75, 3.05) is 29.6 Å². The third kappa shape index (κ3) is 4.04. The highest BCUT2D eigenvalue weighted by atomic mass is 32.2. The smallest absolute Gasteiger partial charge is 0.231 e. The molecule has 4 rings (SSSR count). The number of hydrogen-bond acceptors (Lipinski definition) is 7. The fraction of sp³-hybridized carbons (Fsp3) is 0.750. The topological polar surface area (TPSA) is 116 Å². The van der Waals surface area contributed by atoms with Crippen LogP contribution >= 0.6 is 0 Å². The van der Waals surface area contributed by atoms with E-state index in [9.17, 15) is 18.3 Å². The standard InChI is InChI=1S/C20H31N5O4S/c1-13-11-14-12-21-19(22-15-6-9-24(10-7-15)30(3,28)29)23-17(14)25(18(13)26)16-5-4-8-20(16,2)27/h12-13,15-16,27H,4-11H2,1-3H3,(H,21,22,23)/t13?,16-,20-/m0/s1. The fourth-order valence-electron chi connectivity index (χ4n) is 4.93. The summed E-state index contributed by atoms with van der Waals surface area (Å²) in [5.74, 6) is 0.866. The molecule has 3 heterocycles. The third-order valence-electron chi connectivity index (χ3n) is 6.70. The van der Waals surface area contributed by atoms with Crippen LogP contribution in [0.15, 0.2) is 6.20 Å². The van der Waals surface area contributed by atoms with Crippen LogP contribution in [0.2, 0.25) is 0 Å². The SMILES string of the molecule is CC1Cc2cnc(NC3CCN(S(C)(=O)=O)CC3)nc2N([C@H]2CCC[C@]2(C)O)C1=O. The molecule has 1 aliphatic carbocycles. The quantitative estimate of drug-likeness (QED) is 0.726. The van der Waals surface area contributed by atoms with Gasteiger partial charge >= 0.3 is 0 Å². The van der Waals surface area contributed by atoms with Gasteiger partial charge in [0.1, 0.15) is 5.82 Å². The first-order valence-electron chi connectivity index (χ1n) is 10.7. The summed E-state index contributed by atoms with van der Waals surface area (Å²) >= 11 is 0. The lowest BCUT2D eigenvalue weighted by molar-refractivity contribution is -0.124. The Hall–Kier alpha value is -1.78. The second-order valence-electron chi connectivity index (χ2n) is 9.20. The number of rotatable bonds is 4. The van der Waals surface area contributed by atoms with E-state index in [1.54, 1.807) is 18.0 Å². The van der Waals surface area contributed by atoms with E-state index >= 15 is 0 Å². The molecule has 2 N–H and O–H groups in total. The molecular weight excluding hydrogens is 406 g/mol. The van der Waals surface area contributed by atoms with E-state index in [2.05, 4.69) is 10.3 Å². The first kappa shape index (κ1) is 21.5. The van der Waals surface area contributed by atoms with Gasteiger partial charge in [-0.3, -0.25) is 9.69 Å². The van der Waals surface area contributed by atoms with Gasteiger partial charge in [0.05, 0.1) is 17.9 Å². The molecule has 30 heavy (non-hydrogen) atoms. The number of carbonyl (C=O) groups is 1. The maximum absolute atomic E-state index is 13.1. The molecule has 1 saturated heterocycles. The van der Waals surface area contributed by atoms with Gasteiger partial charge in [-0.2, -0.15) is 4.98 Å². The number of fused-ring (bicyclic) bond motifs is 1. The van der Waals surface area contributed by atoms with Crippen molar-refractivity contribution in [2.45, 2.75) is 70.1 Å². The summed E-state index contributed by atoms with van der Waals surface area (Å²) < 4.78 is 24.9. The Kier molecular flexibility index (Phi) is 5.52. The minimum atomic E-state index is -3.17. The zero-order valence-electron chi connectivity index (χ0n) is 17.8. The Bertz CT molecular complexity index is 927. The highest BCUT2D eigenvalue weighted by Crippen LogP contribution is 2.40. The van der Waals surface area contributed by atoms with Gasteiger partial charge < -0.3 is 10.4 Å². The lowest BCUT2D eigenvalue weighted by Crippen LogP contribution is -2.54. The molecule has 3 aliphatic rings. The maximum atomic E-state index is 13.1. The molecule has 1 aromatic heterocycles. The van der Waals surface area contributed by atoms with E-state index < -0.39 is 15.6 Å². The highest BCUT2D eigenvalue weighted by Gasteiger charge is 2.46. The lowest BCUT2D eigenvalue weighted by Gasteiger charge is -2.40. The van der Waals surface area contributed by atoms with Crippen LogP contribution in [0.1, 0.15) is 51.5 Å². The van der Waals surface area contributed by atoms with Gasteiger partial charge in [-0.25, -0.2) is 17.7 Å². The summed E-state index contributed by atoms with van der Waals surface area (Å²) in [5.41, 5.74) is -0.0108. The molecule has 9 nitrogen and oxygen atoms in total. The van der Waals surface area contributed by atoms with Crippen molar-refractivity contribution < 1.29 is 18.3 Å². The number of hydrogen-bond donors (Lipinski definition) is 2. The Morgan fingerprint density at radius 3 is 2.57 bits per heavy atom. The van der Waals surface area contributed by atoms with Crippen molar-refractivity contribution in [3.8, 4) is 0 Å². The fourth-order valence-corrected chi connectivity index (χ4v) is 5.81. The molecule has 166 valence electrons. The molecule has 0 radical (unpaired) electrons. The normalized spacial score (nSPS) is 31.1. The van der Waals surface area contributed by atoms with Gasteiger partial charge in [0.25, 0.3) is 0 Å². The number of carbonyl (C=O) groups excluding carboxylic acids is 1. The van der Waals surface area contributed by atoms with Gasteiger partial charge in [-0.1, -0.05) is 6.92 Å². The number of sulfonamides is 1. The second-order valence-corrected chi connectivity index (χ2v) is 11.2. The minimum absolute atomic E-state index is 0.000727. The minimum Gasteiger partial charge on any atom is -0.388 e. The van der Waals surface area contributed by atoms with Gasteiger partial charge in [0, 0.05) is 36.8 Å². The Morgan fingerprint density at radius 2 is 1.97 bits per heavy atom. The van der Waals surface area contributed by atoms with Crippen LogP contribution in [0, 0.1) is 5.92 Å². The Balaban J connectivity index is 1.55. The first-order chi connectivity index (χ1) is 14.1. The summed E-state index contributed by atoms with van der Waals surface area (Å²) in [7, 11) is -3.17. The van der Waals surface area contributed by atoms with Crippen molar-refractivity contribution in [2.24, 2.45) is 5.92 Å². The Labute approximate surface area is 177 Å². The van der Waals surface area contributed by atoms with Crippen molar-refractivity contribution >= 4 is 27.7 Å². The molecule has 2 fully saturated rings. The van der Waals surface area contributed by atoms with E-state index in [1.807, 2.05) is 6.92 Å². The van der Waals surface area contributed by atoms with Crippen molar-refractivity contribution in [3.63, 3.8) is 0 Å². The number of nitrogens with zero attached hydrogens (tertiary/aromatic N) is 4. The largest absolute Gasteiger partial charge is 0.388 e. The summed E-state index contributed by atoms with van der Waals surface area (Å²) in [6, 6.07) is -0.213. The van der Waals surface area contributed by atoms with Gasteiger partial charge in [0.15, 0.2) is 0 Å². The summed E-state index contributed by atoms with van der Waals surface area (Å²) in [6.07, 6.45) is 7.23.